The van der Waals surface area contributed by atoms with E-state index in [0.29, 0.717) is 0 Å². The third kappa shape index (κ3) is 5.58. The van der Waals surface area contributed by atoms with Gasteiger partial charge in [0.05, 0.1) is 0 Å². The molecule has 0 aromatic rings. The lowest BCUT2D eigenvalue weighted by molar-refractivity contribution is 0.391. The second-order valence-corrected chi connectivity index (χ2v) is 4.55. The summed E-state index contributed by atoms with van der Waals surface area (Å²) in [5.74, 6) is 0.927. The molecule has 1 aliphatic heterocycles. The van der Waals surface area contributed by atoms with Crippen molar-refractivity contribution in [3.8, 4) is 0 Å². The van der Waals surface area contributed by atoms with Crippen molar-refractivity contribution in [3.63, 3.8) is 0 Å². The molecule has 3 heteroatoms. The number of rotatable bonds is 7. The topological polar surface area (TPSA) is 27.3 Å². The lowest BCUT2D eigenvalue weighted by Crippen LogP contribution is -2.23. The summed E-state index contributed by atoms with van der Waals surface area (Å²) in [6.07, 6.45) is 3.98. The fraction of sp³-hybridized carbons (Fsp3) is 1.00. The van der Waals surface area contributed by atoms with E-state index in [2.05, 4.69) is 29.6 Å². The molecular formula is C11H25N3. The third-order valence-corrected chi connectivity index (χ3v) is 2.85. The minimum Gasteiger partial charge on any atom is -0.317 e. The zero-order valence-corrected chi connectivity index (χ0v) is 9.68. The Labute approximate surface area is 88.2 Å². The van der Waals surface area contributed by atoms with E-state index in [9.17, 15) is 0 Å². The van der Waals surface area contributed by atoms with Crippen molar-refractivity contribution in [2.75, 3.05) is 46.8 Å². The van der Waals surface area contributed by atoms with Gasteiger partial charge in [-0.05, 0) is 72.0 Å². The maximum absolute atomic E-state index is 3.51. The summed E-state index contributed by atoms with van der Waals surface area (Å²) in [6.45, 7) is 6.01. The Morgan fingerprint density at radius 3 is 2.86 bits per heavy atom. The van der Waals surface area contributed by atoms with Crippen LogP contribution in [0.25, 0.3) is 0 Å². The van der Waals surface area contributed by atoms with Gasteiger partial charge in [-0.15, -0.1) is 0 Å². The Morgan fingerprint density at radius 2 is 2.21 bits per heavy atom. The van der Waals surface area contributed by atoms with Crippen LogP contribution in [0.5, 0.6) is 0 Å². The maximum Gasteiger partial charge on any atom is -0.00127 e. The molecule has 1 atom stereocenters. The van der Waals surface area contributed by atoms with Gasteiger partial charge in [0.2, 0.25) is 0 Å². The molecule has 0 aromatic carbocycles. The normalized spacial score (nSPS) is 22.1. The van der Waals surface area contributed by atoms with Crippen molar-refractivity contribution < 1.29 is 0 Å². The Hall–Kier alpha value is -0.120. The summed E-state index contributed by atoms with van der Waals surface area (Å²) in [7, 11) is 4.26. The van der Waals surface area contributed by atoms with E-state index in [0.717, 1.165) is 5.92 Å². The molecule has 2 N–H and O–H groups in total. The maximum atomic E-state index is 3.51. The summed E-state index contributed by atoms with van der Waals surface area (Å²) in [6, 6.07) is 0. The van der Waals surface area contributed by atoms with Gasteiger partial charge in [0.1, 0.15) is 0 Å². The molecule has 0 bridgehead atoms. The Kier molecular flexibility index (Phi) is 6.15. The van der Waals surface area contributed by atoms with Crippen LogP contribution in [0.3, 0.4) is 0 Å². The van der Waals surface area contributed by atoms with Gasteiger partial charge in [-0.1, -0.05) is 0 Å². The summed E-state index contributed by atoms with van der Waals surface area (Å²) < 4.78 is 0. The average molecular weight is 199 g/mol. The van der Waals surface area contributed by atoms with Gasteiger partial charge in [-0.25, -0.2) is 0 Å². The van der Waals surface area contributed by atoms with Crippen LogP contribution in [-0.2, 0) is 0 Å². The molecule has 14 heavy (non-hydrogen) atoms. The fourth-order valence-corrected chi connectivity index (χ4v) is 1.91. The van der Waals surface area contributed by atoms with Gasteiger partial charge in [-0.2, -0.15) is 0 Å². The number of hydrogen-bond donors (Lipinski definition) is 2. The van der Waals surface area contributed by atoms with Crippen molar-refractivity contribution in [1.29, 1.82) is 0 Å². The predicted octanol–water partition coefficient (Wildman–Crippen LogP) is 0.527. The van der Waals surface area contributed by atoms with E-state index in [1.54, 1.807) is 0 Å². The van der Waals surface area contributed by atoms with Crippen LogP contribution in [0.4, 0.5) is 0 Å². The number of nitrogens with one attached hydrogen (secondary N) is 2. The van der Waals surface area contributed by atoms with Gasteiger partial charge < -0.3 is 15.5 Å². The number of hydrogen-bond acceptors (Lipinski definition) is 3. The number of nitrogens with zero attached hydrogens (tertiary/aromatic N) is 1. The zero-order valence-electron chi connectivity index (χ0n) is 9.68. The van der Waals surface area contributed by atoms with Crippen LogP contribution in [0.1, 0.15) is 19.3 Å². The average Bonchev–Trinajstić information content (AvgIpc) is 2.63. The predicted molar refractivity (Wildman–Crippen MR) is 61.6 cm³/mol. The Morgan fingerprint density at radius 1 is 1.36 bits per heavy atom. The lowest BCUT2D eigenvalue weighted by Gasteiger charge is -2.11. The standard InChI is InChI=1S/C11H25N3/c1-14(2)9-3-6-12-7-4-11-5-8-13-10-11/h11-13H,3-10H2,1-2H3. The van der Waals surface area contributed by atoms with Crippen molar-refractivity contribution in [1.82, 2.24) is 15.5 Å². The monoisotopic (exact) mass is 199 g/mol. The van der Waals surface area contributed by atoms with Gasteiger partial charge in [0, 0.05) is 0 Å². The van der Waals surface area contributed by atoms with E-state index in [1.807, 2.05) is 0 Å². The first-order valence-electron chi connectivity index (χ1n) is 5.85. The van der Waals surface area contributed by atoms with Crippen molar-refractivity contribution in [2.45, 2.75) is 19.3 Å². The van der Waals surface area contributed by atoms with E-state index in [4.69, 9.17) is 0 Å². The molecule has 84 valence electrons. The van der Waals surface area contributed by atoms with Gasteiger partial charge >= 0.3 is 0 Å². The smallest absolute Gasteiger partial charge is 0.00127 e. The molecule has 1 unspecified atom stereocenters. The van der Waals surface area contributed by atoms with Crippen molar-refractivity contribution >= 4 is 0 Å². The second kappa shape index (κ2) is 7.21. The van der Waals surface area contributed by atoms with Gasteiger partial charge in [0.15, 0.2) is 0 Å². The highest BCUT2D eigenvalue weighted by Gasteiger charge is 2.12. The molecule has 1 aliphatic rings. The second-order valence-electron chi connectivity index (χ2n) is 4.55. The Bertz CT molecular complexity index is 130. The SMILES string of the molecule is CN(C)CCCNCCC1CCNC1. The molecule has 1 saturated heterocycles. The molecule has 0 aromatic heterocycles. The third-order valence-electron chi connectivity index (χ3n) is 2.85. The van der Waals surface area contributed by atoms with Crippen LogP contribution < -0.4 is 10.6 Å². The molecule has 1 fully saturated rings. The molecule has 0 amide bonds. The van der Waals surface area contributed by atoms with Crippen molar-refractivity contribution in [3.05, 3.63) is 0 Å². The van der Waals surface area contributed by atoms with Crippen molar-refractivity contribution in [2.24, 2.45) is 5.92 Å². The zero-order chi connectivity index (χ0) is 10.2. The first-order chi connectivity index (χ1) is 6.79. The molecular weight excluding hydrogens is 174 g/mol. The molecule has 1 heterocycles. The summed E-state index contributed by atoms with van der Waals surface area (Å²) >= 11 is 0. The van der Waals surface area contributed by atoms with Crippen LogP contribution >= 0.6 is 0 Å². The summed E-state index contributed by atoms with van der Waals surface area (Å²) in [5.41, 5.74) is 0. The molecule has 0 radical (unpaired) electrons. The quantitative estimate of drug-likeness (QED) is 0.586. The highest BCUT2D eigenvalue weighted by atomic mass is 15.1. The van der Waals surface area contributed by atoms with Crippen LogP contribution in [0, 0.1) is 5.92 Å². The van der Waals surface area contributed by atoms with E-state index in [-0.39, 0.29) is 0 Å². The summed E-state index contributed by atoms with van der Waals surface area (Å²) in [5, 5.41) is 6.92. The van der Waals surface area contributed by atoms with Gasteiger partial charge in [0.25, 0.3) is 0 Å². The highest BCUT2D eigenvalue weighted by Crippen LogP contribution is 2.10. The first kappa shape index (κ1) is 12.0. The largest absolute Gasteiger partial charge is 0.317 e. The van der Waals surface area contributed by atoms with Crippen LogP contribution in [0.15, 0.2) is 0 Å². The minimum absolute atomic E-state index is 0.927. The van der Waals surface area contributed by atoms with Crippen LogP contribution in [-0.4, -0.2) is 51.7 Å². The summed E-state index contributed by atoms with van der Waals surface area (Å²) in [4.78, 5) is 2.24. The van der Waals surface area contributed by atoms with Crippen LogP contribution in [0.2, 0.25) is 0 Å². The lowest BCUT2D eigenvalue weighted by atomic mass is 10.1. The first-order valence-corrected chi connectivity index (χ1v) is 5.85. The van der Waals surface area contributed by atoms with E-state index < -0.39 is 0 Å². The molecule has 1 rings (SSSR count). The fourth-order valence-electron chi connectivity index (χ4n) is 1.91. The highest BCUT2D eigenvalue weighted by molar-refractivity contribution is 4.71. The molecule has 0 saturated carbocycles. The molecule has 0 spiro atoms. The van der Waals surface area contributed by atoms with E-state index >= 15 is 0 Å². The Balaban J connectivity index is 1.79. The van der Waals surface area contributed by atoms with E-state index in [1.165, 1.54) is 52.0 Å². The minimum atomic E-state index is 0.927. The van der Waals surface area contributed by atoms with Gasteiger partial charge in [-0.3, -0.25) is 0 Å². The molecule has 3 nitrogen and oxygen atoms in total. The molecule has 0 aliphatic carbocycles.